The second kappa shape index (κ2) is 9.20. The van der Waals surface area contributed by atoms with E-state index in [1.165, 1.54) is 0 Å². The van der Waals surface area contributed by atoms with Crippen LogP contribution in [-0.2, 0) is 28.7 Å². The molecule has 0 bridgehead atoms. The maximum atomic E-state index is 11.9. The maximum Gasteiger partial charge on any atom is 0.319 e. The fraction of sp³-hybridized carbons (Fsp3) is 0.278. The van der Waals surface area contributed by atoms with Crippen molar-refractivity contribution in [2.24, 2.45) is 0 Å². The first-order chi connectivity index (χ1) is 11.6. The normalized spacial score (nSPS) is 11.8. The molecule has 2 N–H and O–H groups in total. The molecule has 2 aromatic rings. The molecule has 2 aromatic carbocycles. The number of benzene rings is 2. The van der Waals surface area contributed by atoms with E-state index in [-0.39, 0.29) is 6.03 Å². The van der Waals surface area contributed by atoms with Crippen molar-refractivity contribution in [3.05, 3.63) is 59.7 Å². The van der Waals surface area contributed by atoms with Crippen LogP contribution in [0.25, 0.3) is 0 Å². The zero-order valence-corrected chi connectivity index (χ0v) is 14.7. The van der Waals surface area contributed by atoms with Gasteiger partial charge in [-0.3, -0.25) is 4.21 Å². The molecular formula is C18H22N2O3S. The van der Waals surface area contributed by atoms with Crippen LogP contribution in [0.4, 0.5) is 10.5 Å². The molecule has 128 valence electrons. The fourth-order valence-corrected chi connectivity index (χ4v) is 2.58. The number of urea groups is 1. The lowest BCUT2D eigenvalue weighted by atomic mass is 10.2. The summed E-state index contributed by atoms with van der Waals surface area (Å²) >= 11 is 0. The lowest BCUT2D eigenvalue weighted by Gasteiger charge is -2.09. The second-order valence-corrected chi connectivity index (χ2v) is 6.62. The molecule has 0 heterocycles. The summed E-state index contributed by atoms with van der Waals surface area (Å²) < 4.78 is 16.7. The highest BCUT2D eigenvalue weighted by atomic mass is 32.2. The molecule has 2 amide bonds. The van der Waals surface area contributed by atoms with E-state index in [1.807, 2.05) is 55.5 Å². The molecule has 0 spiro atoms. The minimum atomic E-state index is -0.990. The van der Waals surface area contributed by atoms with Crippen LogP contribution in [-0.4, -0.2) is 23.1 Å². The van der Waals surface area contributed by atoms with E-state index in [2.05, 4.69) is 10.6 Å². The fourth-order valence-electron chi connectivity index (χ4n) is 2.06. The summed E-state index contributed by atoms with van der Waals surface area (Å²) in [6.45, 7) is 3.61. The summed E-state index contributed by atoms with van der Waals surface area (Å²) in [6.07, 6.45) is 1.64. The molecule has 0 radical (unpaired) electrons. The van der Waals surface area contributed by atoms with Crippen molar-refractivity contribution in [1.29, 1.82) is 0 Å². The van der Waals surface area contributed by atoms with Gasteiger partial charge in [0.2, 0.25) is 0 Å². The number of amides is 2. The first-order valence-electron chi connectivity index (χ1n) is 7.72. The van der Waals surface area contributed by atoms with E-state index in [4.69, 9.17) is 4.74 Å². The highest BCUT2D eigenvalue weighted by molar-refractivity contribution is 7.84. The summed E-state index contributed by atoms with van der Waals surface area (Å²) in [6, 6.07) is 14.6. The topological polar surface area (TPSA) is 67.4 Å². The Hall–Kier alpha value is -2.18. The van der Waals surface area contributed by atoms with Gasteiger partial charge in [0, 0.05) is 40.8 Å². The molecule has 0 aliphatic rings. The molecule has 2 rings (SSSR count). The Morgan fingerprint density at radius 1 is 1.04 bits per heavy atom. The third kappa shape index (κ3) is 5.79. The van der Waals surface area contributed by atoms with Crippen LogP contribution < -0.4 is 10.6 Å². The Labute approximate surface area is 144 Å². The van der Waals surface area contributed by atoms with E-state index in [1.54, 1.807) is 6.26 Å². The van der Waals surface area contributed by atoms with Crippen LogP contribution in [0.1, 0.15) is 18.1 Å². The molecule has 1 atom stereocenters. The zero-order valence-electron chi connectivity index (χ0n) is 13.9. The maximum absolute atomic E-state index is 11.9. The first kappa shape index (κ1) is 18.2. The van der Waals surface area contributed by atoms with Crippen molar-refractivity contribution in [2.45, 2.75) is 25.0 Å². The van der Waals surface area contributed by atoms with Gasteiger partial charge in [0.25, 0.3) is 0 Å². The van der Waals surface area contributed by atoms with Gasteiger partial charge in [-0.25, -0.2) is 4.79 Å². The minimum absolute atomic E-state index is 0.268. The molecule has 0 fully saturated rings. The van der Waals surface area contributed by atoms with E-state index in [0.717, 1.165) is 21.7 Å². The summed E-state index contributed by atoms with van der Waals surface area (Å²) in [5, 5.41) is 5.58. The van der Waals surface area contributed by atoms with E-state index >= 15 is 0 Å². The Bertz CT molecular complexity index is 684. The van der Waals surface area contributed by atoms with Crippen molar-refractivity contribution in [3.63, 3.8) is 0 Å². The molecular weight excluding hydrogens is 324 g/mol. The van der Waals surface area contributed by atoms with Gasteiger partial charge in [-0.15, -0.1) is 0 Å². The number of rotatable bonds is 7. The average Bonchev–Trinajstić information content (AvgIpc) is 2.59. The highest BCUT2D eigenvalue weighted by Crippen LogP contribution is 2.11. The number of hydrogen-bond acceptors (Lipinski definition) is 3. The lowest BCUT2D eigenvalue weighted by Crippen LogP contribution is -2.28. The van der Waals surface area contributed by atoms with Crippen molar-refractivity contribution in [1.82, 2.24) is 5.32 Å². The SMILES string of the molecule is CCOCc1ccc(NC(=O)NCc2ccc(S(C)=O)cc2)cc1. The van der Waals surface area contributed by atoms with Crippen molar-refractivity contribution < 1.29 is 13.7 Å². The number of nitrogens with one attached hydrogen (secondary N) is 2. The summed E-state index contributed by atoms with van der Waals surface area (Å²) in [5.41, 5.74) is 2.74. The number of carbonyl (C=O) groups excluding carboxylic acids is 1. The van der Waals surface area contributed by atoms with Gasteiger partial charge in [0.05, 0.1) is 6.61 Å². The van der Waals surface area contributed by atoms with Gasteiger partial charge in [-0.05, 0) is 42.3 Å². The van der Waals surface area contributed by atoms with Gasteiger partial charge in [0.1, 0.15) is 0 Å². The number of anilines is 1. The molecule has 5 nitrogen and oxygen atoms in total. The quantitative estimate of drug-likeness (QED) is 0.808. The van der Waals surface area contributed by atoms with Crippen molar-refractivity contribution in [3.8, 4) is 0 Å². The highest BCUT2D eigenvalue weighted by Gasteiger charge is 2.03. The molecule has 1 unspecified atom stereocenters. The van der Waals surface area contributed by atoms with Crippen LogP contribution in [0.2, 0.25) is 0 Å². The Kier molecular flexibility index (Phi) is 6.96. The second-order valence-electron chi connectivity index (χ2n) is 5.24. The molecule has 0 saturated carbocycles. The first-order valence-corrected chi connectivity index (χ1v) is 9.28. The van der Waals surface area contributed by atoms with Crippen molar-refractivity contribution >= 4 is 22.5 Å². The molecule has 24 heavy (non-hydrogen) atoms. The Morgan fingerprint density at radius 3 is 2.25 bits per heavy atom. The van der Waals surface area contributed by atoms with Crippen molar-refractivity contribution in [2.75, 3.05) is 18.2 Å². The number of hydrogen-bond donors (Lipinski definition) is 2. The summed E-state index contributed by atoms with van der Waals surface area (Å²) in [4.78, 5) is 12.7. The summed E-state index contributed by atoms with van der Waals surface area (Å²) in [7, 11) is -0.990. The van der Waals surface area contributed by atoms with Gasteiger partial charge < -0.3 is 15.4 Å². The average molecular weight is 346 g/mol. The summed E-state index contributed by atoms with van der Waals surface area (Å²) in [5.74, 6) is 0. The monoisotopic (exact) mass is 346 g/mol. The van der Waals surface area contributed by atoms with E-state index < -0.39 is 10.8 Å². The largest absolute Gasteiger partial charge is 0.377 e. The van der Waals surface area contributed by atoms with Gasteiger partial charge >= 0.3 is 6.03 Å². The van der Waals surface area contributed by atoms with Gasteiger partial charge in [-0.1, -0.05) is 24.3 Å². The van der Waals surface area contributed by atoms with E-state index in [0.29, 0.717) is 19.8 Å². The van der Waals surface area contributed by atoms with Crippen LogP contribution in [0.3, 0.4) is 0 Å². The minimum Gasteiger partial charge on any atom is -0.377 e. The Balaban J connectivity index is 1.81. The lowest BCUT2D eigenvalue weighted by molar-refractivity contribution is 0.134. The predicted octanol–water partition coefficient (Wildman–Crippen LogP) is 3.28. The van der Waals surface area contributed by atoms with Gasteiger partial charge in [-0.2, -0.15) is 0 Å². The van der Waals surface area contributed by atoms with Crippen LogP contribution in [0.5, 0.6) is 0 Å². The predicted molar refractivity (Wildman–Crippen MR) is 96.4 cm³/mol. The third-order valence-corrected chi connectivity index (χ3v) is 4.33. The number of carbonyl (C=O) groups is 1. The standard InChI is InChI=1S/C18H22N2O3S/c1-3-23-13-15-4-8-16(9-5-15)20-18(21)19-12-14-6-10-17(11-7-14)24(2)22/h4-11H,3,12-13H2,1-2H3,(H2,19,20,21). The molecule has 0 saturated heterocycles. The molecule has 0 aliphatic heterocycles. The number of ether oxygens (including phenoxy) is 1. The van der Waals surface area contributed by atoms with E-state index in [9.17, 15) is 9.00 Å². The zero-order chi connectivity index (χ0) is 17.4. The molecule has 0 aromatic heterocycles. The third-order valence-electron chi connectivity index (χ3n) is 3.39. The Morgan fingerprint density at radius 2 is 1.67 bits per heavy atom. The smallest absolute Gasteiger partial charge is 0.319 e. The van der Waals surface area contributed by atoms with Crippen LogP contribution >= 0.6 is 0 Å². The molecule has 6 heteroatoms. The van der Waals surface area contributed by atoms with Crippen LogP contribution in [0, 0.1) is 0 Å². The molecule has 0 aliphatic carbocycles. The van der Waals surface area contributed by atoms with Crippen LogP contribution in [0.15, 0.2) is 53.4 Å². The van der Waals surface area contributed by atoms with Gasteiger partial charge in [0.15, 0.2) is 0 Å².